The lowest BCUT2D eigenvalue weighted by Gasteiger charge is -2.42. The number of piperidine rings is 1. The van der Waals surface area contributed by atoms with Gasteiger partial charge in [-0.25, -0.2) is 4.79 Å². The molecule has 4 rings (SSSR count). The Labute approximate surface area is 201 Å². The molecule has 35 heavy (non-hydrogen) atoms. The second-order valence-electron chi connectivity index (χ2n) is 8.99. The number of rotatable bonds is 7. The Hall–Kier alpha value is -3.40. The summed E-state index contributed by atoms with van der Waals surface area (Å²) in [6.45, 7) is 0.530. The van der Waals surface area contributed by atoms with Crippen LogP contribution in [0.25, 0.3) is 0 Å². The average Bonchev–Trinajstić information content (AvgIpc) is 3.00. The fourth-order valence-electron chi connectivity index (χ4n) is 5.01. The van der Waals surface area contributed by atoms with Crippen molar-refractivity contribution in [1.82, 2.24) is 14.7 Å². The maximum Gasteiger partial charge on any atom is 0.416 e. The van der Waals surface area contributed by atoms with Gasteiger partial charge in [-0.3, -0.25) is 19.4 Å². The van der Waals surface area contributed by atoms with E-state index in [2.05, 4.69) is 0 Å². The molecule has 0 atom stereocenters. The molecule has 2 fully saturated rings. The lowest BCUT2D eigenvalue weighted by Crippen LogP contribution is -2.57. The molecular formula is C25H27F3N4O3. The third-order valence-electron chi connectivity index (χ3n) is 6.80. The number of nitrogens with zero attached hydrogens (tertiary/aromatic N) is 3. The fourth-order valence-corrected chi connectivity index (χ4v) is 5.01. The molecule has 0 radical (unpaired) electrons. The third kappa shape index (κ3) is 5.02. The van der Waals surface area contributed by atoms with Gasteiger partial charge in [0.2, 0.25) is 5.91 Å². The van der Waals surface area contributed by atoms with E-state index in [0.717, 1.165) is 16.5 Å². The Bertz CT molecular complexity index is 1100. The van der Waals surface area contributed by atoms with Crippen molar-refractivity contribution >= 4 is 17.8 Å². The summed E-state index contributed by atoms with van der Waals surface area (Å²) in [5.74, 6) is -1.25. The summed E-state index contributed by atoms with van der Waals surface area (Å²) in [6.07, 6.45) is -3.41. The molecule has 2 aromatic carbocycles. The summed E-state index contributed by atoms with van der Waals surface area (Å²) in [5, 5.41) is 0. The number of amides is 4. The zero-order valence-corrected chi connectivity index (χ0v) is 19.1. The SMILES string of the molecule is NC(=O)CN1C(=O)N(CCc2ccccc2)C2(CCN(Cc3ccccc3C(F)(F)F)CC2)C1=O. The molecule has 0 unspecified atom stereocenters. The van der Waals surface area contributed by atoms with Gasteiger partial charge < -0.3 is 10.6 Å². The van der Waals surface area contributed by atoms with Crippen LogP contribution in [0.1, 0.15) is 29.5 Å². The van der Waals surface area contributed by atoms with Crippen molar-refractivity contribution < 1.29 is 27.6 Å². The minimum absolute atomic E-state index is 0.0862. The van der Waals surface area contributed by atoms with E-state index in [1.165, 1.54) is 17.0 Å². The van der Waals surface area contributed by atoms with Crippen LogP contribution < -0.4 is 5.73 Å². The van der Waals surface area contributed by atoms with Crippen molar-refractivity contribution in [3.63, 3.8) is 0 Å². The molecule has 2 saturated heterocycles. The normalized spacial score (nSPS) is 18.5. The highest BCUT2D eigenvalue weighted by Crippen LogP contribution is 2.38. The maximum atomic E-state index is 13.4. The van der Waals surface area contributed by atoms with Gasteiger partial charge in [0.05, 0.1) is 5.56 Å². The first-order chi connectivity index (χ1) is 16.6. The van der Waals surface area contributed by atoms with E-state index < -0.39 is 41.7 Å². The van der Waals surface area contributed by atoms with Crippen LogP contribution in [-0.2, 0) is 28.7 Å². The zero-order valence-electron chi connectivity index (χ0n) is 19.1. The summed E-state index contributed by atoms with van der Waals surface area (Å²) in [7, 11) is 0. The molecule has 2 aliphatic heterocycles. The highest BCUT2D eigenvalue weighted by Gasteiger charge is 2.57. The molecule has 2 N–H and O–H groups in total. The Balaban J connectivity index is 1.52. The summed E-state index contributed by atoms with van der Waals surface area (Å²) in [4.78, 5) is 42.4. The Morgan fingerprint density at radius 1 is 0.971 bits per heavy atom. The number of primary amides is 1. The molecule has 0 bridgehead atoms. The van der Waals surface area contributed by atoms with Crippen LogP contribution in [0.4, 0.5) is 18.0 Å². The van der Waals surface area contributed by atoms with Gasteiger partial charge in [0.1, 0.15) is 12.1 Å². The molecule has 2 aromatic rings. The van der Waals surface area contributed by atoms with Gasteiger partial charge in [-0.05, 0) is 36.5 Å². The number of hydrogen-bond donors (Lipinski definition) is 1. The first-order valence-corrected chi connectivity index (χ1v) is 11.4. The zero-order chi connectivity index (χ0) is 25.2. The molecule has 4 amide bonds. The van der Waals surface area contributed by atoms with Crippen molar-refractivity contribution in [2.75, 3.05) is 26.2 Å². The summed E-state index contributed by atoms with van der Waals surface area (Å²) >= 11 is 0. The molecule has 1 spiro atoms. The van der Waals surface area contributed by atoms with Gasteiger partial charge in [-0.1, -0.05) is 48.5 Å². The maximum absolute atomic E-state index is 13.4. The van der Waals surface area contributed by atoms with Gasteiger partial charge >= 0.3 is 12.2 Å². The molecule has 186 valence electrons. The summed E-state index contributed by atoms with van der Waals surface area (Å²) in [6, 6.07) is 14.4. The van der Waals surface area contributed by atoms with Gasteiger partial charge in [-0.15, -0.1) is 0 Å². The highest BCUT2D eigenvalue weighted by atomic mass is 19.4. The number of urea groups is 1. The number of hydrogen-bond acceptors (Lipinski definition) is 4. The van der Waals surface area contributed by atoms with Gasteiger partial charge in [-0.2, -0.15) is 13.2 Å². The van der Waals surface area contributed by atoms with Crippen molar-refractivity contribution in [3.05, 3.63) is 71.3 Å². The van der Waals surface area contributed by atoms with E-state index in [4.69, 9.17) is 5.73 Å². The lowest BCUT2D eigenvalue weighted by atomic mass is 9.85. The molecule has 2 heterocycles. The molecule has 2 aliphatic rings. The first kappa shape index (κ1) is 24.7. The Kier molecular flexibility index (Phi) is 6.84. The van der Waals surface area contributed by atoms with Gasteiger partial charge in [0, 0.05) is 26.2 Å². The van der Waals surface area contributed by atoms with Crippen LogP contribution in [0.3, 0.4) is 0 Å². The van der Waals surface area contributed by atoms with Crippen molar-refractivity contribution in [3.8, 4) is 0 Å². The minimum Gasteiger partial charge on any atom is -0.368 e. The van der Waals surface area contributed by atoms with Crippen LogP contribution in [0.15, 0.2) is 54.6 Å². The van der Waals surface area contributed by atoms with Crippen LogP contribution in [0.5, 0.6) is 0 Å². The van der Waals surface area contributed by atoms with E-state index in [1.54, 1.807) is 6.07 Å². The van der Waals surface area contributed by atoms with E-state index in [0.29, 0.717) is 19.5 Å². The fraction of sp³-hybridized carbons (Fsp3) is 0.400. The second-order valence-corrected chi connectivity index (χ2v) is 8.99. The number of likely N-dealkylation sites (tertiary alicyclic amines) is 1. The largest absolute Gasteiger partial charge is 0.416 e. The Morgan fingerprint density at radius 3 is 2.23 bits per heavy atom. The van der Waals surface area contributed by atoms with Crippen molar-refractivity contribution in [2.45, 2.75) is 37.5 Å². The van der Waals surface area contributed by atoms with E-state index in [1.807, 2.05) is 35.2 Å². The smallest absolute Gasteiger partial charge is 0.368 e. The number of alkyl halides is 3. The number of benzene rings is 2. The van der Waals surface area contributed by atoms with Gasteiger partial charge in [0.25, 0.3) is 5.91 Å². The molecular weight excluding hydrogens is 461 g/mol. The summed E-state index contributed by atoms with van der Waals surface area (Å²) in [5.41, 5.74) is 4.63. The summed E-state index contributed by atoms with van der Waals surface area (Å²) < 4.78 is 40.2. The van der Waals surface area contributed by atoms with E-state index in [9.17, 15) is 27.6 Å². The minimum atomic E-state index is -4.45. The van der Waals surface area contributed by atoms with E-state index >= 15 is 0 Å². The molecule has 7 nitrogen and oxygen atoms in total. The topological polar surface area (TPSA) is 86.9 Å². The first-order valence-electron chi connectivity index (χ1n) is 11.4. The molecule has 0 aliphatic carbocycles. The molecule has 0 aromatic heterocycles. The van der Waals surface area contributed by atoms with Crippen LogP contribution in [-0.4, -0.2) is 64.3 Å². The highest BCUT2D eigenvalue weighted by molar-refractivity contribution is 6.09. The number of carbonyl (C=O) groups excluding carboxylic acids is 3. The quantitative estimate of drug-likeness (QED) is 0.607. The molecule has 10 heteroatoms. The van der Waals surface area contributed by atoms with Crippen LogP contribution >= 0.6 is 0 Å². The van der Waals surface area contributed by atoms with Crippen LogP contribution in [0.2, 0.25) is 0 Å². The number of carbonyl (C=O) groups is 3. The predicted molar refractivity (Wildman–Crippen MR) is 122 cm³/mol. The third-order valence-corrected chi connectivity index (χ3v) is 6.80. The lowest BCUT2D eigenvalue weighted by molar-refractivity contribution is -0.138. The van der Waals surface area contributed by atoms with Crippen molar-refractivity contribution in [2.24, 2.45) is 5.73 Å². The monoisotopic (exact) mass is 488 g/mol. The Morgan fingerprint density at radius 2 is 1.60 bits per heavy atom. The van der Waals surface area contributed by atoms with Crippen molar-refractivity contribution in [1.29, 1.82) is 0 Å². The number of imide groups is 1. The average molecular weight is 489 g/mol. The standard InChI is InChI=1S/C25H27F3N4O3/c26-25(27,28)20-9-5-4-8-19(20)16-30-14-11-24(12-15-30)22(34)31(17-21(29)33)23(35)32(24)13-10-18-6-2-1-3-7-18/h1-9H,10-17H2,(H2,29,33). The number of nitrogens with two attached hydrogens (primary N) is 1. The van der Waals surface area contributed by atoms with Gasteiger partial charge in [0.15, 0.2) is 0 Å². The molecule has 0 saturated carbocycles. The van der Waals surface area contributed by atoms with E-state index in [-0.39, 0.29) is 31.5 Å². The van der Waals surface area contributed by atoms with Crippen LogP contribution in [0, 0.1) is 0 Å². The number of halogens is 3. The predicted octanol–water partition coefficient (Wildman–Crippen LogP) is 3.03. The second kappa shape index (κ2) is 9.69.